The molecule has 1 aromatic carbocycles. The van der Waals surface area contributed by atoms with Gasteiger partial charge in [-0.05, 0) is 30.5 Å². The first-order valence-electron chi connectivity index (χ1n) is 11.1. The first-order valence-corrected chi connectivity index (χ1v) is 11.1. The predicted octanol–water partition coefficient (Wildman–Crippen LogP) is 5.79. The lowest BCUT2D eigenvalue weighted by Crippen LogP contribution is -2.33. The summed E-state index contributed by atoms with van der Waals surface area (Å²) in [5, 5.41) is 0. The molecule has 4 nitrogen and oxygen atoms in total. The number of carbonyl (C=O) groups excluding carboxylic acids is 2. The van der Waals surface area contributed by atoms with E-state index in [1.54, 1.807) is 7.05 Å². The molecule has 0 aliphatic rings. The third kappa shape index (κ3) is 10.5. The van der Waals surface area contributed by atoms with Gasteiger partial charge >= 0.3 is 5.97 Å². The van der Waals surface area contributed by atoms with Gasteiger partial charge in [0.1, 0.15) is 6.54 Å². The Hall–Kier alpha value is -1.84. The number of unbranched alkanes of at least 4 members (excludes halogenated alkanes) is 9. The van der Waals surface area contributed by atoms with Crippen molar-refractivity contribution in [1.29, 1.82) is 0 Å². The first kappa shape index (κ1) is 24.2. The van der Waals surface area contributed by atoms with Crippen molar-refractivity contribution >= 4 is 11.9 Å². The van der Waals surface area contributed by atoms with Crippen molar-refractivity contribution in [3.8, 4) is 0 Å². The summed E-state index contributed by atoms with van der Waals surface area (Å²) in [7, 11) is 1.64. The second-order valence-electron chi connectivity index (χ2n) is 7.61. The summed E-state index contributed by atoms with van der Waals surface area (Å²) in [4.78, 5) is 25.7. The van der Waals surface area contributed by atoms with E-state index in [9.17, 15) is 9.59 Å². The zero-order valence-electron chi connectivity index (χ0n) is 18.2. The molecule has 158 valence electrons. The van der Waals surface area contributed by atoms with Crippen LogP contribution in [-0.4, -0.2) is 37.0 Å². The van der Waals surface area contributed by atoms with Gasteiger partial charge in [-0.25, -0.2) is 0 Å². The van der Waals surface area contributed by atoms with Crippen LogP contribution in [-0.2, 0) is 16.0 Å². The van der Waals surface area contributed by atoms with Crippen molar-refractivity contribution in [2.75, 3.05) is 20.2 Å². The van der Waals surface area contributed by atoms with Crippen LogP contribution >= 0.6 is 0 Å². The summed E-state index contributed by atoms with van der Waals surface area (Å²) < 4.78 is 5.27. The molecular formula is C24H39NO3. The minimum Gasteiger partial charge on any atom is -0.464 e. The zero-order valence-corrected chi connectivity index (χ0v) is 18.2. The summed E-state index contributed by atoms with van der Waals surface area (Å²) >= 11 is 0. The molecule has 0 aliphatic heterocycles. The van der Waals surface area contributed by atoms with Crippen LogP contribution in [0.25, 0.3) is 0 Å². The maximum atomic E-state index is 12.4. The Morgan fingerprint density at radius 1 is 0.821 bits per heavy atom. The van der Waals surface area contributed by atoms with Gasteiger partial charge in [-0.3, -0.25) is 9.59 Å². The van der Waals surface area contributed by atoms with Crippen molar-refractivity contribution in [2.24, 2.45) is 0 Å². The molecule has 1 amide bonds. The number of ether oxygens (including phenoxy) is 1. The molecule has 1 rings (SSSR count). The molecule has 1 aromatic rings. The monoisotopic (exact) mass is 389 g/mol. The summed E-state index contributed by atoms with van der Waals surface area (Å²) in [6, 6.07) is 7.52. The summed E-state index contributed by atoms with van der Waals surface area (Å²) in [6.07, 6.45) is 13.5. The van der Waals surface area contributed by atoms with E-state index < -0.39 is 0 Å². The third-order valence-electron chi connectivity index (χ3n) is 5.08. The number of esters is 1. The first-order chi connectivity index (χ1) is 13.6. The molecule has 0 N–H and O–H groups in total. The molecule has 0 bridgehead atoms. The Morgan fingerprint density at radius 2 is 1.36 bits per heavy atom. The number of amides is 1. The quantitative estimate of drug-likeness (QED) is 0.282. The highest BCUT2D eigenvalue weighted by atomic mass is 16.5. The van der Waals surface area contributed by atoms with Gasteiger partial charge in [0.25, 0.3) is 5.91 Å². The number of hydrogen-bond acceptors (Lipinski definition) is 3. The fourth-order valence-electron chi connectivity index (χ4n) is 3.19. The Bertz CT molecular complexity index is 553. The summed E-state index contributed by atoms with van der Waals surface area (Å²) in [6.45, 7) is 4.76. The van der Waals surface area contributed by atoms with E-state index in [2.05, 4.69) is 13.8 Å². The van der Waals surface area contributed by atoms with Gasteiger partial charge in [-0.15, -0.1) is 0 Å². The molecule has 0 heterocycles. The number of nitrogens with zero attached hydrogens (tertiary/aromatic N) is 1. The third-order valence-corrected chi connectivity index (χ3v) is 5.08. The maximum absolute atomic E-state index is 12.4. The zero-order chi connectivity index (χ0) is 20.6. The van der Waals surface area contributed by atoms with Crippen LogP contribution in [0.3, 0.4) is 0 Å². The van der Waals surface area contributed by atoms with E-state index in [1.165, 1.54) is 61.8 Å². The van der Waals surface area contributed by atoms with Gasteiger partial charge in [0.2, 0.25) is 0 Å². The highest BCUT2D eigenvalue weighted by molar-refractivity contribution is 5.95. The van der Waals surface area contributed by atoms with Crippen molar-refractivity contribution in [3.63, 3.8) is 0 Å². The van der Waals surface area contributed by atoms with E-state index in [0.29, 0.717) is 12.2 Å². The average Bonchev–Trinajstić information content (AvgIpc) is 2.71. The molecule has 0 radical (unpaired) electrons. The summed E-state index contributed by atoms with van der Waals surface area (Å²) in [5.41, 5.74) is 1.79. The van der Waals surface area contributed by atoms with E-state index >= 15 is 0 Å². The molecule has 28 heavy (non-hydrogen) atoms. The molecule has 0 saturated carbocycles. The largest absolute Gasteiger partial charge is 0.464 e. The van der Waals surface area contributed by atoms with E-state index in [4.69, 9.17) is 4.74 Å². The minimum absolute atomic E-state index is 0.00781. The van der Waals surface area contributed by atoms with E-state index in [1.807, 2.05) is 24.3 Å². The number of aryl methyl sites for hydroxylation is 1. The molecule has 0 saturated heterocycles. The minimum atomic E-state index is -0.336. The normalized spacial score (nSPS) is 10.7. The second-order valence-corrected chi connectivity index (χ2v) is 7.61. The van der Waals surface area contributed by atoms with Crippen LogP contribution in [0, 0.1) is 0 Å². The van der Waals surface area contributed by atoms with Crippen molar-refractivity contribution in [2.45, 2.75) is 84.5 Å². The van der Waals surface area contributed by atoms with Gasteiger partial charge in [-0.1, -0.05) is 83.8 Å². The van der Waals surface area contributed by atoms with Crippen LogP contribution in [0.1, 0.15) is 94.0 Å². The van der Waals surface area contributed by atoms with Gasteiger partial charge in [0, 0.05) is 12.6 Å². The maximum Gasteiger partial charge on any atom is 0.325 e. The van der Waals surface area contributed by atoms with E-state index in [-0.39, 0.29) is 18.4 Å². The number of likely N-dealkylation sites (N-methyl/N-ethyl adjacent to an activating group) is 1. The Morgan fingerprint density at radius 3 is 1.89 bits per heavy atom. The highest BCUT2D eigenvalue weighted by Gasteiger charge is 2.15. The van der Waals surface area contributed by atoms with Crippen LogP contribution in [0.5, 0.6) is 0 Å². The van der Waals surface area contributed by atoms with Gasteiger partial charge in [-0.2, -0.15) is 0 Å². The van der Waals surface area contributed by atoms with Crippen LogP contribution in [0.2, 0.25) is 0 Å². The number of rotatable bonds is 15. The van der Waals surface area contributed by atoms with Crippen LogP contribution < -0.4 is 0 Å². The molecule has 0 spiro atoms. The number of carbonyl (C=O) groups is 2. The molecule has 4 heteroatoms. The molecule has 0 unspecified atom stereocenters. The topological polar surface area (TPSA) is 46.6 Å². The van der Waals surface area contributed by atoms with Crippen molar-refractivity contribution in [1.82, 2.24) is 4.90 Å². The highest BCUT2D eigenvalue weighted by Crippen LogP contribution is 2.11. The molecule has 0 aromatic heterocycles. The lowest BCUT2D eigenvalue weighted by Gasteiger charge is -2.16. The van der Waals surface area contributed by atoms with Crippen LogP contribution in [0.15, 0.2) is 24.3 Å². The fourth-order valence-corrected chi connectivity index (χ4v) is 3.19. The van der Waals surface area contributed by atoms with Crippen LogP contribution in [0.4, 0.5) is 0 Å². The standard InChI is InChI=1S/C24H39NO3/c1-4-6-7-8-9-10-11-12-13-14-19-28-23(26)20-25(3)24(27)22-17-15-21(5-2)16-18-22/h15-18H,4-14,19-20H2,1-3H3. The van der Waals surface area contributed by atoms with Gasteiger partial charge < -0.3 is 9.64 Å². The smallest absolute Gasteiger partial charge is 0.325 e. The molecule has 0 atom stereocenters. The Labute approximate surface area is 171 Å². The van der Waals surface area contributed by atoms with E-state index in [0.717, 1.165) is 19.3 Å². The SMILES string of the molecule is CCCCCCCCCCCCOC(=O)CN(C)C(=O)c1ccc(CC)cc1. The molecule has 0 fully saturated rings. The number of benzene rings is 1. The molecular weight excluding hydrogens is 350 g/mol. The van der Waals surface area contributed by atoms with Crippen molar-refractivity contribution in [3.05, 3.63) is 35.4 Å². The second kappa shape index (κ2) is 15.1. The van der Waals surface area contributed by atoms with Crippen molar-refractivity contribution < 1.29 is 14.3 Å². The fraction of sp³-hybridized carbons (Fsp3) is 0.667. The Balaban J connectivity index is 2.08. The summed E-state index contributed by atoms with van der Waals surface area (Å²) in [5.74, 6) is -0.490. The number of hydrogen-bond donors (Lipinski definition) is 0. The molecule has 0 aliphatic carbocycles. The average molecular weight is 390 g/mol. The van der Waals surface area contributed by atoms with Gasteiger partial charge in [0.05, 0.1) is 6.61 Å². The Kier molecular flexibility index (Phi) is 13.1. The van der Waals surface area contributed by atoms with Gasteiger partial charge in [0.15, 0.2) is 0 Å². The lowest BCUT2D eigenvalue weighted by molar-refractivity contribution is -0.144. The lowest BCUT2D eigenvalue weighted by atomic mass is 10.1. The predicted molar refractivity (Wildman–Crippen MR) is 116 cm³/mol.